The molecule has 1 heterocycles. The fraction of sp³-hybridized carbons (Fsp3) is 0.200. The van der Waals surface area contributed by atoms with Crippen molar-refractivity contribution in [2.75, 3.05) is 0 Å². The highest BCUT2D eigenvalue weighted by Gasteiger charge is 2.09. The van der Waals surface area contributed by atoms with Gasteiger partial charge < -0.3 is 5.73 Å². The minimum atomic E-state index is -0.400. The summed E-state index contributed by atoms with van der Waals surface area (Å²) in [6, 6.07) is 9.59. The van der Waals surface area contributed by atoms with Crippen LogP contribution in [-0.2, 0) is 0 Å². The smallest absolute Gasteiger partial charge is 0.248 e. The zero-order valence-electron chi connectivity index (χ0n) is 10.6. The van der Waals surface area contributed by atoms with Crippen LogP contribution in [0.25, 0.3) is 11.1 Å². The van der Waals surface area contributed by atoms with Crippen molar-refractivity contribution in [3.05, 3.63) is 53.9 Å². The lowest BCUT2D eigenvalue weighted by Crippen LogP contribution is -2.11. The summed E-state index contributed by atoms with van der Waals surface area (Å²) in [7, 11) is 0. The molecule has 3 nitrogen and oxygen atoms in total. The van der Waals surface area contributed by atoms with Crippen molar-refractivity contribution in [3.63, 3.8) is 0 Å². The van der Waals surface area contributed by atoms with Crippen LogP contribution < -0.4 is 5.73 Å². The van der Waals surface area contributed by atoms with Gasteiger partial charge in [0.2, 0.25) is 5.91 Å². The van der Waals surface area contributed by atoms with Gasteiger partial charge in [-0.2, -0.15) is 0 Å². The molecule has 0 fully saturated rings. The van der Waals surface area contributed by atoms with Crippen molar-refractivity contribution in [1.82, 2.24) is 4.98 Å². The minimum absolute atomic E-state index is 0.347. The van der Waals surface area contributed by atoms with E-state index in [1.807, 2.05) is 24.3 Å². The van der Waals surface area contributed by atoms with Crippen LogP contribution in [0.1, 0.15) is 35.7 Å². The first-order chi connectivity index (χ1) is 8.58. The summed E-state index contributed by atoms with van der Waals surface area (Å²) in [5.74, 6) is -0.0534. The van der Waals surface area contributed by atoms with E-state index in [1.165, 1.54) is 0 Å². The summed E-state index contributed by atoms with van der Waals surface area (Å²) in [5.41, 5.74) is 8.98. The van der Waals surface area contributed by atoms with E-state index in [-0.39, 0.29) is 0 Å². The van der Waals surface area contributed by atoms with Gasteiger partial charge in [-0.05, 0) is 35.2 Å². The van der Waals surface area contributed by atoms with Gasteiger partial charge in [0.05, 0.1) is 0 Å². The highest BCUT2D eigenvalue weighted by atomic mass is 16.1. The third kappa shape index (κ3) is 2.56. The fourth-order valence-electron chi connectivity index (χ4n) is 1.83. The topological polar surface area (TPSA) is 56.0 Å². The van der Waals surface area contributed by atoms with Crippen molar-refractivity contribution in [2.24, 2.45) is 5.73 Å². The summed E-state index contributed by atoms with van der Waals surface area (Å²) >= 11 is 0. The van der Waals surface area contributed by atoms with Crippen LogP contribution in [0, 0.1) is 0 Å². The highest BCUT2D eigenvalue weighted by Crippen LogP contribution is 2.25. The second-order valence-corrected chi connectivity index (χ2v) is 4.60. The Morgan fingerprint density at radius 2 is 2.00 bits per heavy atom. The van der Waals surface area contributed by atoms with Gasteiger partial charge in [-0.25, -0.2) is 0 Å². The van der Waals surface area contributed by atoms with Crippen LogP contribution in [0.3, 0.4) is 0 Å². The molecule has 0 atom stereocenters. The van der Waals surface area contributed by atoms with Gasteiger partial charge in [0.1, 0.15) is 0 Å². The van der Waals surface area contributed by atoms with Crippen LogP contribution >= 0.6 is 0 Å². The first-order valence-corrected chi connectivity index (χ1v) is 5.93. The normalized spacial score (nSPS) is 10.6. The number of aromatic nitrogens is 1. The maximum absolute atomic E-state index is 11.4. The average Bonchev–Trinajstić information content (AvgIpc) is 2.39. The van der Waals surface area contributed by atoms with Gasteiger partial charge in [0.25, 0.3) is 0 Å². The Hall–Kier alpha value is -2.16. The molecule has 18 heavy (non-hydrogen) atoms. The lowest BCUT2D eigenvalue weighted by Gasteiger charge is -2.10. The molecule has 0 aliphatic carbocycles. The maximum atomic E-state index is 11.4. The fourth-order valence-corrected chi connectivity index (χ4v) is 1.83. The Labute approximate surface area is 107 Å². The van der Waals surface area contributed by atoms with E-state index in [2.05, 4.69) is 24.9 Å². The second-order valence-electron chi connectivity index (χ2n) is 4.60. The molecule has 92 valence electrons. The lowest BCUT2D eigenvalue weighted by atomic mass is 9.95. The SMILES string of the molecule is CC(C)c1cc(C(N)=O)cc(-c2cccnc2)c1. The number of carbonyl (C=O) groups is 1. The van der Waals surface area contributed by atoms with E-state index in [0.29, 0.717) is 11.5 Å². The molecule has 2 rings (SSSR count). The standard InChI is InChI=1S/C15H16N2O/c1-10(2)12-6-13(8-14(7-12)15(16)18)11-4-3-5-17-9-11/h3-10H,1-2H3,(H2,16,18). The molecular formula is C15H16N2O. The number of primary amides is 1. The number of amides is 1. The van der Waals surface area contributed by atoms with Crippen molar-refractivity contribution in [1.29, 1.82) is 0 Å². The van der Waals surface area contributed by atoms with E-state index in [1.54, 1.807) is 12.4 Å². The number of hydrogen-bond donors (Lipinski definition) is 1. The quantitative estimate of drug-likeness (QED) is 0.896. The van der Waals surface area contributed by atoms with E-state index in [0.717, 1.165) is 16.7 Å². The molecule has 2 N–H and O–H groups in total. The molecule has 3 heteroatoms. The first kappa shape index (κ1) is 12.3. The predicted molar refractivity (Wildman–Crippen MR) is 72.3 cm³/mol. The molecule has 1 amide bonds. The number of benzene rings is 1. The molecule has 0 saturated heterocycles. The summed E-state index contributed by atoms with van der Waals surface area (Å²) in [6.07, 6.45) is 3.51. The highest BCUT2D eigenvalue weighted by molar-refractivity contribution is 5.94. The number of hydrogen-bond acceptors (Lipinski definition) is 2. The van der Waals surface area contributed by atoms with Crippen LogP contribution in [0.4, 0.5) is 0 Å². The molecule has 0 aliphatic heterocycles. The zero-order valence-corrected chi connectivity index (χ0v) is 10.6. The van der Waals surface area contributed by atoms with Crippen LogP contribution in [0.2, 0.25) is 0 Å². The Morgan fingerprint density at radius 1 is 1.22 bits per heavy atom. The van der Waals surface area contributed by atoms with Gasteiger partial charge >= 0.3 is 0 Å². The van der Waals surface area contributed by atoms with Gasteiger partial charge in [-0.1, -0.05) is 26.0 Å². The Balaban J connectivity index is 2.57. The molecule has 0 bridgehead atoms. The minimum Gasteiger partial charge on any atom is -0.366 e. The number of carbonyl (C=O) groups excluding carboxylic acids is 1. The molecule has 0 saturated carbocycles. The maximum Gasteiger partial charge on any atom is 0.248 e. The van der Waals surface area contributed by atoms with Gasteiger partial charge in [-0.15, -0.1) is 0 Å². The zero-order chi connectivity index (χ0) is 13.1. The van der Waals surface area contributed by atoms with E-state index in [9.17, 15) is 4.79 Å². The predicted octanol–water partition coefficient (Wildman–Crippen LogP) is 2.97. The van der Waals surface area contributed by atoms with E-state index in [4.69, 9.17) is 5.73 Å². The third-order valence-electron chi connectivity index (χ3n) is 2.90. The Bertz CT molecular complexity index is 562. The van der Waals surface area contributed by atoms with Gasteiger partial charge in [0, 0.05) is 23.5 Å². The van der Waals surface area contributed by atoms with Gasteiger partial charge in [0.15, 0.2) is 0 Å². The average molecular weight is 240 g/mol. The Kier molecular flexibility index (Phi) is 3.42. The van der Waals surface area contributed by atoms with E-state index < -0.39 is 5.91 Å². The number of rotatable bonds is 3. The molecular weight excluding hydrogens is 224 g/mol. The number of nitrogens with zero attached hydrogens (tertiary/aromatic N) is 1. The summed E-state index contributed by atoms with van der Waals surface area (Å²) in [4.78, 5) is 15.5. The molecule has 0 spiro atoms. The van der Waals surface area contributed by atoms with Crippen molar-refractivity contribution in [3.8, 4) is 11.1 Å². The molecule has 0 aliphatic rings. The third-order valence-corrected chi connectivity index (χ3v) is 2.90. The van der Waals surface area contributed by atoms with Gasteiger partial charge in [-0.3, -0.25) is 9.78 Å². The molecule has 0 radical (unpaired) electrons. The largest absolute Gasteiger partial charge is 0.366 e. The molecule has 0 unspecified atom stereocenters. The second kappa shape index (κ2) is 5.00. The van der Waals surface area contributed by atoms with E-state index >= 15 is 0 Å². The molecule has 1 aromatic carbocycles. The number of nitrogens with two attached hydrogens (primary N) is 1. The summed E-state index contributed by atoms with van der Waals surface area (Å²) in [5, 5.41) is 0. The molecule has 2 aromatic rings. The van der Waals surface area contributed by atoms with Crippen molar-refractivity contribution < 1.29 is 4.79 Å². The van der Waals surface area contributed by atoms with Crippen LogP contribution in [0.5, 0.6) is 0 Å². The van der Waals surface area contributed by atoms with Crippen LogP contribution in [0.15, 0.2) is 42.7 Å². The summed E-state index contributed by atoms with van der Waals surface area (Å²) < 4.78 is 0. The number of pyridine rings is 1. The van der Waals surface area contributed by atoms with Crippen LogP contribution in [-0.4, -0.2) is 10.9 Å². The monoisotopic (exact) mass is 240 g/mol. The Morgan fingerprint density at radius 3 is 2.56 bits per heavy atom. The summed E-state index contributed by atoms with van der Waals surface area (Å²) in [6.45, 7) is 4.18. The molecule has 1 aromatic heterocycles. The first-order valence-electron chi connectivity index (χ1n) is 5.93. The lowest BCUT2D eigenvalue weighted by molar-refractivity contribution is 0.1000. The van der Waals surface area contributed by atoms with Crippen molar-refractivity contribution >= 4 is 5.91 Å². The van der Waals surface area contributed by atoms with Crippen molar-refractivity contribution in [2.45, 2.75) is 19.8 Å².